The van der Waals surface area contributed by atoms with E-state index in [9.17, 15) is 32.0 Å². The molecule has 2 aliphatic heterocycles. The van der Waals surface area contributed by atoms with E-state index in [-0.39, 0.29) is 48.6 Å². The molecular formula is C34H31F5N8O. The second-order valence-corrected chi connectivity index (χ2v) is 12.8. The topological polar surface area (TPSA) is 103 Å². The number of likely N-dealkylation sites (tertiary alicyclic amines) is 1. The zero-order chi connectivity index (χ0) is 33.8. The van der Waals surface area contributed by atoms with Crippen LogP contribution < -0.4 is 10.2 Å². The predicted molar refractivity (Wildman–Crippen MR) is 167 cm³/mol. The minimum atomic E-state index is -4.78. The predicted octanol–water partition coefficient (Wildman–Crippen LogP) is 6.65. The maximum Gasteiger partial charge on any atom is 0.416 e. The van der Waals surface area contributed by atoms with Crippen LogP contribution in [0, 0.1) is 17.2 Å². The number of halogens is 5. The van der Waals surface area contributed by atoms with Gasteiger partial charge in [0.25, 0.3) is 11.8 Å². The summed E-state index contributed by atoms with van der Waals surface area (Å²) in [5.41, 5.74) is 1.05. The number of aromatic nitrogens is 4. The Hall–Kier alpha value is -4.90. The number of anilines is 2. The molecule has 7 rings (SSSR count). The van der Waals surface area contributed by atoms with Crippen molar-refractivity contribution in [2.45, 2.75) is 50.9 Å². The zero-order valence-electron chi connectivity index (χ0n) is 26.0. The van der Waals surface area contributed by atoms with Gasteiger partial charge in [0.1, 0.15) is 18.0 Å². The Morgan fingerprint density at radius 2 is 1.90 bits per heavy atom. The van der Waals surface area contributed by atoms with Crippen LogP contribution in [-0.2, 0) is 26.3 Å². The molecule has 1 saturated carbocycles. The van der Waals surface area contributed by atoms with Crippen molar-refractivity contribution in [3.05, 3.63) is 76.6 Å². The summed E-state index contributed by atoms with van der Waals surface area (Å²) in [4.78, 5) is 21.2. The molecule has 4 heterocycles. The summed E-state index contributed by atoms with van der Waals surface area (Å²) in [6.07, 6.45) is -0.365. The van der Waals surface area contributed by atoms with Crippen LogP contribution in [0.2, 0.25) is 0 Å². The Kier molecular flexibility index (Phi) is 7.90. The number of nitriles is 1. The highest BCUT2D eigenvalue weighted by Crippen LogP contribution is 2.42. The van der Waals surface area contributed by atoms with Crippen molar-refractivity contribution in [1.82, 2.24) is 24.6 Å². The Labute approximate surface area is 273 Å². The van der Waals surface area contributed by atoms with E-state index >= 15 is 0 Å². The van der Waals surface area contributed by atoms with Gasteiger partial charge in [0.05, 0.1) is 30.3 Å². The van der Waals surface area contributed by atoms with Crippen LogP contribution in [-0.4, -0.2) is 56.1 Å². The molecule has 0 atom stereocenters. The van der Waals surface area contributed by atoms with Crippen LogP contribution in [0.25, 0.3) is 22.5 Å². The number of alkyl halides is 5. The van der Waals surface area contributed by atoms with Crippen LogP contribution in [0.1, 0.15) is 58.3 Å². The molecule has 0 spiro atoms. The first-order valence-electron chi connectivity index (χ1n) is 15.7. The van der Waals surface area contributed by atoms with E-state index in [4.69, 9.17) is 0 Å². The summed E-state index contributed by atoms with van der Waals surface area (Å²) >= 11 is 0. The van der Waals surface area contributed by atoms with Gasteiger partial charge in [0.2, 0.25) is 0 Å². The number of carbonyl (C=O) groups excluding carboxylic acids is 1. The van der Waals surface area contributed by atoms with Crippen LogP contribution >= 0.6 is 0 Å². The van der Waals surface area contributed by atoms with Gasteiger partial charge in [0.15, 0.2) is 5.82 Å². The molecular weight excluding hydrogens is 631 g/mol. The molecule has 2 fully saturated rings. The Morgan fingerprint density at radius 3 is 2.56 bits per heavy atom. The molecule has 2 aromatic heterocycles. The molecule has 0 radical (unpaired) electrons. The van der Waals surface area contributed by atoms with Gasteiger partial charge < -0.3 is 9.88 Å². The third-order valence-electron chi connectivity index (χ3n) is 9.12. The molecule has 1 N–H and O–H groups in total. The fraction of sp³-hybridized carbons (Fsp3) is 0.382. The molecule has 2 aromatic carbocycles. The van der Waals surface area contributed by atoms with Gasteiger partial charge in [-0.3, -0.25) is 14.6 Å². The van der Waals surface area contributed by atoms with Crippen molar-refractivity contribution in [3.63, 3.8) is 0 Å². The third-order valence-corrected chi connectivity index (χ3v) is 9.12. The molecule has 1 saturated heterocycles. The smallest absolute Gasteiger partial charge is 0.370 e. The summed E-state index contributed by atoms with van der Waals surface area (Å²) in [5, 5.41) is 21.2. The van der Waals surface area contributed by atoms with Crippen molar-refractivity contribution >= 4 is 17.5 Å². The number of amides is 1. The fourth-order valence-electron chi connectivity index (χ4n) is 6.48. The van der Waals surface area contributed by atoms with E-state index in [1.807, 2.05) is 0 Å². The quantitative estimate of drug-likeness (QED) is 0.200. The number of fused-ring (bicyclic) bond motifs is 1. The lowest BCUT2D eigenvalue weighted by Gasteiger charge is -2.19. The van der Waals surface area contributed by atoms with E-state index in [0.29, 0.717) is 46.4 Å². The van der Waals surface area contributed by atoms with Crippen molar-refractivity contribution < 1.29 is 26.7 Å². The van der Waals surface area contributed by atoms with Gasteiger partial charge in [-0.25, -0.2) is 13.8 Å². The van der Waals surface area contributed by atoms with Gasteiger partial charge in [-0.15, -0.1) is 10.2 Å². The lowest BCUT2D eigenvalue weighted by atomic mass is 9.97. The van der Waals surface area contributed by atoms with Crippen LogP contribution in [0.15, 0.2) is 48.8 Å². The minimum absolute atomic E-state index is 0.0437. The Bertz CT molecular complexity index is 1940. The van der Waals surface area contributed by atoms with Crippen molar-refractivity contribution in [2.24, 2.45) is 13.0 Å². The summed E-state index contributed by atoms with van der Waals surface area (Å²) in [6.45, 7) is -0.413. The van der Waals surface area contributed by atoms with E-state index in [2.05, 4.69) is 26.6 Å². The SMILES string of the molecule is Cn1cnnc1-c1ccc(C#N)cc1-c1cc(NCCC2CC2)nc(N2Cc3c(cc(CN4CCC(F)(F)C4)cc3C(F)(F)F)C2=O)c1. The lowest BCUT2D eigenvalue weighted by molar-refractivity contribution is -0.138. The molecule has 1 amide bonds. The number of aryl methyl sites for hydroxylation is 1. The normalized spacial score (nSPS) is 17.5. The second kappa shape index (κ2) is 12.0. The van der Waals surface area contributed by atoms with Crippen LogP contribution in [0.3, 0.4) is 0 Å². The van der Waals surface area contributed by atoms with Crippen molar-refractivity contribution in [1.29, 1.82) is 5.26 Å². The third kappa shape index (κ3) is 6.34. The number of carbonyl (C=O) groups is 1. The maximum absolute atomic E-state index is 14.4. The van der Waals surface area contributed by atoms with E-state index in [1.165, 1.54) is 15.9 Å². The zero-order valence-corrected chi connectivity index (χ0v) is 26.0. The van der Waals surface area contributed by atoms with Crippen LogP contribution in [0.5, 0.6) is 0 Å². The Balaban J connectivity index is 1.29. The molecule has 48 heavy (non-hydrogen) atoms. The number of hydrogen-bond acceptors (Lipinski definition) is 7. The monoisotopic (exact) mass is 662 g/mol. The number of nitrogens with one attached hydrogen (secondary N) is 1. The highest BCUT2D eigenvalue weighted by Gasteiger charge is 2.42. The first-order valence-corrected chi connectivity index (χ1v) is 15.7. The summed E-state index contributed by atoms with van der Waals surface area (Å²) in [5.74, 6) is -1.87. The largest absolute Gasteiger partial charge is 0.416 e. The maximum atomic E-state index is 14.4. The van der Waals surface area contributed by atoms with Gasteiger partial charge in [0, 0.05) is 44.2 Å². The van der Waals surface area contributed by atoms with E-state index < -0.39 is 30.1 Å². The lowest BCUT2D eigenvalue weighted by Crippen LogP contribution is -2.25. The highest BCUT2D eigenvalue weighted by atomic mass is 19.4. The number of pyridine rings is 1. The van der Waals surface area contributed by atoms with Gasteiger partial charge in [-0.05, 0) is 77.1 Å². The van der Waals surface area contributed by atoms with E-state index in [1.54, 1.807) is 48.3 Å². The van der Waals surface area contributed by atoms with Crippen LogP contribution in [0.4, 0.5) is 33.6 Å². The molecule has 0 unspecified atom stereocenters. The molecule has 9 nitrogen and oxygen atoms in total. The van der Waals surface area contributed by atoms with Gasteiger partial charge >= 0.3 is 6.18 Å². The van der Waals surface area contributed by atoms with E-state index in [0.717, 1.165) is 25.3 Å². The Morgan fingerprint density at radius 1 is 1.08 bits per heavy atom. The molecule has 14 heteroatoms. The highest BCUT2D eigenvalue weighted by molar-refractivity contribution is 6.10. The number of nitrogens with zero attached hydrogens (tertiary/aromatic N) is 7. The van der Waals surface area contributed by atoms with Gasteiger partial charge in [-0.2, -0.15) is 18.4 Å². The molecule has 248 valence electrons. The van der Waals surface area contributed by atoms with Gasteiger partial charge in [-0.1, -0.05) is 12.8 Å². The molecule has 4 aromatic rings. The summed E-state index contributed by atoms with van der Waals surface area (Å²) in [7, 11) is 1.78. The fourth-order valence-corrected chi connectivity index (χ4v) is 6.48. The second-order valence-electron chi connectivity index (χ2n) is 12.8. The van der Waals surface area contributed by atoms with Crippen molar-refractivity contribution in [2.75, 3.05) is 29.9 Å². The molecule has 1 aliphatic carbocycles. The first-order chi connectivity index (χ1) is 22.9. The standard InChI is InChI=1S/C34H31F5N8O/c1-45-19-42-44-31(45)24-5-4-21(15-40)10-25(24)23-13-29(41-8-6-20-2-3-20)43-30(14-23)47-17-27-26(32(47)48)11-22(12-28(27)34(37,38)39)16-46-9-7-33(35,36)18-46/h4-5,10-14,19-20H,2-3,6-9,16-18H2,1H3,(H,41,43). The summed E-state index contributed by atoms with van der Waals surface area (Å²) < 4.78 is 72.7. The molecule has 3 aliphatic rings. The molecule has 0 bridgehead atoms. The minimum Gasteiger partial charge on any atom is -0.370 e. The summed E-state index contributed by atoms with van der Waals surface area (Å²) in [6, 6.07) is 13.0. The average Bonchev–Trinajstić information content (AvgIpc) is 3.53. The number of rotatable bonds is 9. The first kappa shape index (κ1) is 31.7. The number of benzene rings is 2. The number of hydrogen-bond donors (Lipinski definition) is 1. The van der Waals surface area contributed by atoms with Crippen molar-refractivity contribution in [3.8, 4) is 28.6 Å². The average molecular weight is 663 g/mol.